The van der Waals surface area contributed by atoms with E-state index in [9.17, 15) is 4.79 Å². The van der Waals surface area contributed by atoms with Gasteiger partial charge in [0.15, 0.2) is 0 Å². The van der Waals surface area contributed by atoms with Crippen LogP contribution in [0.25, 0.3) is 0 Å². The summed E-state index contributed by atoms with van der Waals surface area (Å²) < 4.78 is 10.5. The van der Waals surface area contributed by atoms with E-state index in [0.717, 1.165) is 12.8 Å². The van der Waals surface area contributed by atoms with Gasteiger partial charge in [-0.2, -0.15) is 0 Å². The fraction of sp³-hybridized carbons (Fsp3) is 0.867. The minimum Gasteiger partial charge on any atom is -0.392 e. The van der Waals surface area contributed by atoms with Crippen LogP contribution < -0.4 is 5.73 Å². The molecule has 0 bridgehead atoms. The molecule has 0 unspecified atom stereocenters. The summed E-state index contributed by atoms with van der Waals surface area (Å²) in [6.07, 6.45) is 2.97. The molecule has 122 valence electrons. The maximum Gasteiger partial charge on any atom is 0.236 e. The van der Waals surface area contributed by atoms with Crippen molar-refractivity contribution >= 4 is 23.1 Å². The maximum atomic E-state index is 13.2. The van der Waals surface area contributed by atoms with Crippen LogP contribution in [0.15, 0.2) is 0 Å². The van der Waals surface area contributed by atoms with E-state index >= 15 is 0 Å². The summed E-state index contributed by atoms with van der Waals surface area (Å²) in [7, 11) is 1.65. The fourth-order valence-corrected chi connectivity index (χ4v) is 3.22. The second kappa shape index (κ2) is 8.66. The van der Waals surface area contributed by atoms with E-state index in [4.69, 9.17) is 27.4 Å². The quantitative estimate of drug-likeness (QED) is 0.691. The highest BCUT2D eigenvalue weighted by atomic mass is 32.1. The summed E-state index contributed by atoms with van der Waals surface area (Å²) >= 11 is 5.24. The first-order valence-electron chi connectivity index (χ1n) is 7.71. The van der Waals surface area contributed by atoms with E-state index in [2.05, 4.69) is 13.8 Å². The molecule has 0 aliphatic carbocycles. The number of nitrogens with zero attached hydrogens (tertiary/aromatic N) is 1. The van der Waals surface area contributed by atoms with Gasteiger partial charge < -0.3 is 20.1 Å². The van der Waals surface area contributed by atoms with Gasteiger partial charge in [-0.05, 0) is 25.7 Å². The Morgan fingerprint density at radius 3 is 2.38 bits per heavy atom. The Morgan fingerprint density at radius 2 is 1.95 bits per heavy atom. The van der Waals surface area contributed by atoms with Gasteiger partial charge in [0.05, 0.1) is 11.6 Å². The molecule has 2 N–H and O–H groups in total. The van der Waals surface area contributed by atoms with Crippen molar-refractivity contribution in [3.8, 4) is 0 Å². The maximum absolute atomic E-state index is 13.2. The van der Waals surface area contributed by atoms with Gasteiger partial charge in [0, 0.05) is 32.9 Å². The number of hydrogen-bond donors (Lipinski definition) is 1. The van der Waals surface area contributed by atoms with Crippen molar-refractivity contribution in [2.45, 2.75) is 45.6 Å². The van der Waals surface area contributed by atoms with Gasteiger partial charge in [-0.3, -0.25) is 4.79 Å². The summed E-state index contributed by atoms with van der Waals surface area (Å²) in [4.78, 5) is 15.4. The molecule has 5 nitrogen and oxygen atoms in total. The molecule has 0 aromatic heterocycles. The van der Waals surface area contributed by atoms with Crippen molar-refractivity contribution in [3.05, 3.63) is 0 Å². The molecule has 21 heavy (non-hydrogen) atoms. The van der Waals surface area contributed by atoms with Gasteiger partial charge >= 0.3 is 0 Å². The van der Waals surface area contributed by atoms with Crippen LogP contribution in [0.5, 0.6) is 0 Å². The Kier molecular flexibility index (Phi) is 7.56. The average molecular weight is 316 g/mol. The number of carbonyl (C=O) groups is 1. The predicted octanol–water partition coefficient (Wildman–Crippen LogP) is 1.73. The molecule has 0 atom stereocenters. The van der Waals surface area contributed by atoms with Gasteiger partial charge in [0.25, 0.3) is 0 Å². The lowest BCUT2D eigenvalue weighted by Gasteiger charge is -2.41. The van der Waals surface area contributed by atoms with Gasteiger partial charge in [-0.25, -0.2) is 0 Å². The minimum absolute atomic E-state index is 0.0454. The Hall–Kier alpha value is -0.720. The number of nitrogens with two attached hydrogens (primary N) is 1. The van der Waals surface area contributed by atoms with Crippen LogP contribution in [0.2, 0.25) is 0 Å². The number of methoxy groups -OCH3 is 1. The molecule has 1 heterocycles. The second-order valence-corrected chi connectivity index (χ2v) is 5.96. The van der Waals surface area contributed by atoms with Crippen LogP contribution in [-0.2, 0) is 14.3 Å². The van der Waals surface area contributed by atoms with E-state index in [0.29, 0.717) is 44.2 Å². The lowest BCUT2D eigenvalue weighted by Crippen LogP contribution is -2.56. The smallest absolute Gasteiger partial charge is 0.236 e. The molecule has 1 aliphatic rings. The Labute approximate surface area is 133 Å². The summed E-state index contributed by atoms with van der Waals surface area (Å²) in [6, 6.07) is 0.196. The fourth-order valence-electron chi connectivity index (χ4n) is 2.93. The summed E-state index contributed by atoms with van der Waals surface area (Å²) in [6.45, 7) is 6.35. The van der Waals surface area contributed by atoms with Gasteiger partial charge in [-0.15, -0.1) is 0 Å². The molecule has 1 fully saturated rings. The summed E-state index contributed by atoms with van der Waals surface area (Å²) in [5.41, 5.74) is 5.20. The van der Waals surface area contributed by atoms with Crippen LogP contribution >= 0.6 is 12.2 Å². The average Bonchev–Trinajstić information content (AvgIpc) is 2.51. The number of ether oxygens (including phenoxy) is 2. The van der Waals surface area contributed by atoms with E-state index in [1.807, 2.05) is 4.90 Å². The van der Waals surface area contributed by atoms with Crippen LogP contribution in [0.4, 0.5) is 0 Å². The van der Waals surface area contributed by atoms with Gasteiger partial charge in [0.1, 0.15) is 5.41 Å². The Bertz CT molecular complexity index is 353. The van der Waals surface area contributed by atoms with Crippen LogP contribution in [0.3, 0.4) is 0 Å². The van der Waals surface area contributed by atoms with E-state index in [1.165, 1.54) is 0 Å². The molecule has 0 spiro atoms. The van der Waals surface area contributed by atoms with Gasteiger partial charge in [-0.1, -0.05) is 26.1 Å². The number of hydrogen-bond acceptors (Lipinski definition) is 4. The lowest BCUT2D eigenvalue weighted by atomic mass is 9.78. The van der Waals surface area contributed by atoms with E-state index in [-0.39, 0.29) is 11.9 Å². The predicted molar refractivity (Wildman–Crippen MR) is 87.2 cm³/mol. The standard InChI is InChI=1S/C15H28N2O3S/c1-4-12(5-2)17(8-11-19-3)14(18)15(13(16)21)6-9-20-10-7-15/h12H,4-11H2,1-3H3,(H2,16,21). The van der Waals surface area contributed by atoms with Crippen molar-refractivity contribution in [1.82, 2.24) is 4.90 Å². The SMILES string of the molecule is CCC(CC)N(CCOC)C(=O)C1(C(N)=S)CCOCC1. The highest BCUT2D eigenvalue weighted by Crippen LogP contribution is 2.34. The molecule has 1 rings (SSSR count). The zero-order valence-electron chi connectivity index (χ0n) is 13.4. The number of amides is 1. The molecule has 1 aliphatic heterocycles. The number of thiocarbonyl (C=S) groups is 1. The van der Waals surface area contributed by atoms with Crippen molar-refractivity contribution in [2.24, 2.45) is 11.1 Å². The Balaban J connectivity index is 3.02. The van der Waals surface area contributed by atoms with Crippen LogP contribution in [0, 0.1) is 5.41 Å². The van der Waals surface area contributed by atoms with Crippen LogP contribution in [-0.4, -0.2) is 55.3 Å². The lowest BCUT2D eigenvalue weighted by molar-refractivity contribution is -0.145. The molecule has 1 amide bonds. The molecule has 0 aromatic carbocycles. The molecule has 0 radical (unpaired) electrons. The molecule has 0 saturated carbocycles. The molecule has 1 saturated heterocycles. The summed E-state index contributed by atoms with van der Waals surface area (Å²) in [5.74, 6) is 0.0454. The number of rotatable bonds is 8. The van der Waals surface area contributed by atoms with Crippen molar-refractivity contribution in [2.75, 3.05) is 33.5 Å². The number of carbonyl (C=O) groups excluding carboxylic acids is 1. The largest absolute Gasteiger partial charge is 0.392 e. The summed E-state index contributed by atoms with van der Waals surface area (Å²) in [5, 5.41) is 0. The topological polar surface area (TPSA) is 64.8 Å². The van der Waals surface area contributed by atoms with Crippen molar-refractivity contribution in [1.29, 1.82) is 0 Å². The Morgan fingerprint density at radius 1 is 1.38 bits per heavy atom. The zero-order valence-corrected chi connectivity index (χ0v) is 14.2. The van der Waals surface area contributed by atoms with Crippen LogP contribution in [0.1, 0.15) is 39.5 Å². The highest BCUT2D eigenvalue weighted by Gasteiger charge is 2.46. The third-order valence-corrected chi connectivity index (χ3v) is 4.80. The first-order chi connectivity index (χ1) is 10.0. The molecule has 0 aromatic rings. The highest BCUT2D eigenvalue weighted by molar-refractivity contribution is 7.80. The second-order valence-electron chi connectivity index (χ2n) is 5.52. The first kappa shape index (κ1) is 18.3. The third-order valence-electron chi connectivity index (χ3n) is 4.41. The first-order valence-corrected chi connectivity index (χ1v) is 8.12. The minimum atomic E-state index is -0.746. The normalized spacial score (nSPS) is 17.7. The zero-order chi connectivity index (χ0) is 15.9. The third kappa shape index (κ3) is 4.14. The molecule has 6 heteroatoms. The van der Waals surface area contributed by atoms with Crippen molar-refractivity contribution in [3.63, 3.8) is 0 Å². The van der Waals surface area contributed by atoms with E-state index in [1.54, 1.807) is 7.11 Å². The van der Waals surface area contributed by atoms with Gasteiger partial charge in [0.2, 0.25) is 5.91 Å². The monoisotopic (exact) mass is 316 g/mol. The van der Waals surface area contributed by atoms with Crippen molar-refractivity contribution < 1.29 is 14.3 Å². The van der Waals surface area contributed by atoms with E-state index < -0.39 is 5.41 Å². The molecular formula is C15H28N2O3S. The molecular weight excluding hydrogens is 288 g/mol.